The lowest BCUT2D eigenvalue weighted by atomic mass is 9.99. The Kier molecular flexibility index (Phi) is 6.42. The summed E-state index contributed by atoms with van der Waals surface area (Å²) in [7, 11) is 0. The molecule has 1 aromatic rings. The summed E-state index contributed by atoms with van der Waals surface area (Å²) in [6.07, 6.45) is 11.1. The van der Waals surface area contributed by atoms with Crippen molar-refractivity contribution in [2.45, 2.75) is 77.4 Å². The van der Waals surface area contributed by atoms with Gasteiger partial charge < -0.3 is 14.8 Å². The Bertz CT molecular complexity index is 507. The van der Waals surface area contributed by atoms with E-state index in [4.69, 9.17) is 9.47 Å². The summed E-state index contributed by atoms with van der Waals surface area (Å²) in [5.74, 6) is 2.73. The first-order valence-corrected chi connectivity index (χ1v) is 9.88. The van der Waals surface area contributed by atoms with Gasteiger partial charge in [-0.25, -0.2) is 0 Å². The molecule has 24 heavy (non-hydrogen) atoms. The van der Waals surface area contributed by atoms with Crippen molar-refractivity contribution in [3.63, 3.8) is 0 Å². The first-order chi connectivity index (χ1) is 11.7. The van der Waals surface area contributed by atoms with Crippen LogP contribution in [0.15, 0.2) is 18.2 Å². The molecule has 1 unspecified atom stereocenters. The molecule has 1 aromatic carbocycles. The minimum atomic E-state index is 0.175. The van der Waals surface area contributed by atoms with E-state index in [1.807, 2.05) is 6.07 Å². The van der Waals surface area contributed by atoms with Crippen molar-refractivity contribution in [2.24, 2.45) is 5.92 Å². The maximum atomic E-state index is 6.29. The summed E-state index contributed by atoms with van der Waals surface area (Å²) in [4.78, 5) is 0. The molecule has 1 atom stereocenters. The number of ether oxygens (including phenoxy) is 2. The second kappa shape index (κ2) is 8.75. The lowest BCUT2D eigenvalue weighted by Gasteiger charge is -2.29. The molecule has 0 bridgehead atoms. The number of aryl methyl sites for hydroxylation is 1. The van der Waals surface area contributed by atoms with Crippen LogP contribution in [0.3, 0.4) is 0 Å². The molecule has 3 nitrogen and oxygen atoms in total. The van der Waals surface area contributed by atoms with Gasteiger partial charge in [-0.1, -0.05) is 37.8 Å². The van der Waals surface area contributed by atoms with Crippen LogP contribution in [0.25, 0.3) is 0 Å². The maximum Gasteiger partial charge on any atom is 0.164 e. The monoisotopic (exact) mass is 331 g/mol. The highest BCUT2D eigenvalue weighted by Gasteiger charge is 2.23. The van der Waals surface area contributed by atoms with Crippen molar-refractivity contribution in [1.29, 1.82) is 0 Å². The van der Waals surface area contributed by atoms with E-state index in [2.05, 4.69) is 31.3 Å². The Hall–Kier alpha value is -1.22. The van der Waals surface area contributed by atoms with Crippen LogP contribution in [0, 0.1) is 5.92 Å². The van der Waals surface area contributed by atoms with Crippen molar-refractivity contribution in [1.82, 2.24) is 5.32 Å². The lowest BCUT2D eigenvalue weighted by molar-refractivity contribution is 0.151. The van der Waals surface area contributed by atoms with Crippen LogP contribution in [-0.4, -0.2) is 25.3 Å². The third-order valence-corrected chi connectivity index (χ3v) is 5.22. The minimum absolute atomic E-state index is 0.175. The number of para-hydroxylation sites is 1. The average Bonchev–Trinajstić information content (AvgIpc) is 2.84. The number of fused-ring (bicyclic) bond motifs is 1. The van der Waals surface area contributed by atoms with Gasteiger partial charge in [0.15, 0.2) is 11.5 Å². The number of hydrogen-bond acceptors (Lipinski definition) is 3. The van der Waals surface area contributed by atoms with Crippen molar-refractivity contribution >= 4 is 0 Å². The van der Waals surface area contributed by atoms with Crippen LogP contribution in [0.4, 0.5) is 0 Å². The fourth-order valence-corrected chi connectivity index (χ4v) is 3.94. The molecule has 0 spiro atoms. The van der Waals surface area contributed by atoms with Gasteiger partial charge in [0.25, 0.3) is 0 Å². The predicted molar refractivity (Wildman–Crippen MR) is 99.0 cm³/mol. The van der Waals surface area contributed by atoms with Crippen LogP contribution >= 0.6 is 0 Å². The first kappa shape index (κ1) is 17.6. The van der Waals surface area contributed by atoms with Gasteiger partial charge in [0, 0.05) is 6.54 Å². The van der Waals surface area contributed by atoms with Gasteiger partial charge in [-0.05, 0) is 63.6 Å². The van der Waals surface area contributed by atoms with E-state index in [9.17, 15) is 0 Å². The molecule has 0 saturated heterocycles. The summed E-state index contributed by atoms with van der Waals surface area (Å²) >= 11 is 0. The SMILES string of the molecule is CC(C)Oc1cccc2c1OC(CNCC1CCCCCC1)CC2. The van der Waals surface area contributed by atoms with E-state index in [1.54, 1.807) is 0 Å². The van der Waals surface area contributed by atoms with E-state index in [0.29, 0.717) is 0 Å². The van der Waals surface area contributed by atoms with Crippen molar-refractivity contribution < 1.29 is 9.47 Å². The fraction of sp³-hybridized carbons (Fsp3) is 0.714. The first-order valence-electron chi connectivity index (χ1n) is 9.88. The zero-order valence-corrected chi connectivity index (χ0v) is 15.4. The smallest absolute Gasteiger partial charge is 0.164 e. The van der Waals surface area contributed by atoms with Gasteiger partial charge in [0.05, 0.1) is 6.10 Å². The fourth-order valence-electron chi connectivity index (χ4n) is 3.94. The molecule has 1 N–H and O–H groups in total. The van der Waals surface area contributed by atoms with Crippen molar-refractivity contribution in [3.8, 4) is 11.5 Å². The summed E-state index contributed by atoms with van der Waals surface area (Å²) < 4.78 is 12.2. The largest absolute Gasteiger partial charge is 0.487 e. The Morgan fingerprint density at radius 1 is 1.08 bits per heavy atom. The van der Waals surface area contributed by atoms with Crippen LogP contribution < -0.4 is 14.8 Å². The molecule has 3 heteroatoms. The number of hydrogen-bond donors (Lipinski definition) is 1. The van der Waals surface area contributed by atoms with Crippen LogP contribution in [0.1, 0.15) is 64.4 Å². The maximum absolute atomic E-state index is 6.29. The Morgan fingerprint density at radius 2 is 1.88 bits per heavy atom. The zero-order valence-electron chi connectivity index (χ0n) is 15.4. The van der Waals surface area contributed by atoms with E-state index < -0.39 is 0 Å². The average molecular weight is 332 g/mol. The minimum Gasteiger partial charge on any atom is -0.487 e. The van der Waals surface area contributed by atoms with Gasteiger partial charge in [-0.3, -0.25) is 0 Å². The third-order valence-electron chi connectivity index (χ3n) is 5.22. The molecule has 2 aliphatic rings. The highest BCUT2D eigenvalue weighted by atomic mass is 16.5. The summed E-state index contributed by atoms with van der Waals surface area (Å²) in [5.41, 5.74) is 1.29. The zero-order chi connectivity index (χ0) is 16.8. The lowest BCUT2D eigenvalue weighted by Crippen LogP contribution is -2.36. The standard InChI is InChI=1S/C21H33NO2/c1-16(2)23-20-11-7-10-18-12-13-19(24-21(18)20)15-22-14-17-8-5-3-4-6-9-17/h7,10-11,16-17,19,22H,3-6,8-9,12-15H2,1-2H3. The number of benzene rings is 1. The Morgan fingerprint density at radius 3 is 2.62 bits per heavy atom. The topological polar surface area (TPSA) is 30.5 Å². The molecule has 1 aliphatic carbocycles. The molecule has 1 fully saturated rings. The molecule has 134 valence electrons. The molecule has 0 radical (unpaired) electrons. The van der Waals surface area contributed by atoms with Gasteiger partial charge in [-0.15, -0.1) is 0 Å². The van der Waals surface area contributed by atoms with Gasteiger partial charge in [0.1, 0.15) is 6.10 Å². The van der Waals surface area contributed by atoms with Gasteiger partial charge in [-0.2, -0.15) is 0 Å². The molecule has 1 saturated carbocycles. The highest BCUT2D eigenvalue weighted by molar-refractivity contribution is 5.48. The third kappa shape index (κ3) is 4.89. The molecule has 0 amide bonds. The normalized spacial score (nSPS) is 21.9. The predicted octanol–water partition coefficient (Wildman–Crippen LogP) is 4.73. The van der Waals surface area contributed by atoms with Crippen molar-refractivity contribution in [2.75, 3.05) is 13.1 Å². The molecule has 1 heterocycles. The van der Waals surface area contributed by atoms with E-state index in [1.165, 1.54) is 44.1 Å². The Labute approximate surface area is 147 Å². The van der Waals surface area contributed by atoms with E-state index in [-0.39, 0.29) is 12.2 Å². The number of rotatable bonds is 6. The van der Waals surface area contributed by atoms with Gasteiger partial charge >= 0.3 is 0 Å². The highest BCUT2D eigenvalue weighted by Crippen LogP contribution is 2.37. The second-order valence-corrected chi connectivity index (χ2v) is 7.71. The molecule has 3 rings (SSSR count). The van der Waals surface area contributed by atoms with E-state index >= 15 is 0 Å². The summed E-state index contributed by atoms with van der Waals surface area (Å²) in [5, 5.41) is 3.68. The molecule has 1 aliphatic heterocycles. The van der Waals surface area contributed by atoms with Gasteiger partial charge in [0.2, 0.25) is 0 Å². The molecular weight excluding hydrogens is 298 g/mol. The second-order valence-electron chi connectivity index (χ2n) is 7.71. The molecule has 0 aromatic heterocycles. The Balaban J connectivity index is 1.51. The van der Waals surface area contributed by atoms with Crippen molar-refractivity contribution in [3.05, 3.63) is 23.8 Å². The molecular formula is C21H33NO2. The summed E-state index contributed by atoms with van der Waals surface area (Å²) in [6.45, 7) is 6.23. The van der Waals surface area contributed by atoms with Crippen LogP contribution in [-0.2, 0) is 6.42 Å². The van der Waals surface area contributed by atoms with Crippen LogP contribution in [0.5, 0.6) is 11.5 Å². The quantitative estimate of drug-likeness (QED) is 0.765. The van der Waals surface area contributed by atoms with E-state index in [0.717, 1.165) is 43.3 Å². The number of nitrogens with one attached hydrogen (secondary N) is 1. The summed E-state index contributed by atoms with van der Waals surface area (Å²) in [6, 6.07) is 6.27. The van der Waals surface area contributed by atoms with Crippen LogP contribution in [0.2, 0.25) is 0 Å².